The van der Waals surface area contributed by atoms with Crippen molar-refractivity contribution >= 4 is 34.1 Å². The lowest BCUT2D eigenvalue weighted by atomic mass is 10.0. The van der Waals surface area contributed by atoms with E-state index in [0.29, 0.717) is 30.0 Å². The Hall–Kier alpha value is -4.17. The van der Waals surface area contributed by atoms with Crippen LogP contribution >= 0.6 is 0 Å². The van der Waals surface area contributed by atoms with E-state index in [4.69, 9.17) is 4.74 Å². The number of anilines is 2. The normalized spacial score (nSPS) is 16.0. The van der Waals surface area contributed by atoms with Gasteiger partial charge in [0.05, 0.1) is 30.7 Å². The van der Waals surface area contributed by atoms with Crippen LogP contribution in [-0.2, 0) is 4.74 Å². The highest BCUT2D eigenvalue weighted by molar-refractivity contribution is 6.13. The second-order valence-corrected chi connectivity index (χ2v) is 10.4. The molecule has 4 aromatic rings. The van der Waals surface area contributed by atoms with Crippen LogP contribution in [0.5, 0.6) is 0 Å². The van der Waals surface area contributed by atoms with Crippen LogP contribution in [-0.4, -0.2) is 54.1 Å². The molecule has 8 nitrogen and oxygen atoms in total. The minimum Gasteiger partial charge on any atom is -0.378 e. The zero-order valence-electron chi connectivity index (χ0n) is 22.1. The Morgan fingerprint density at radius 2 is 1.77 bits per heavy atom. The van der Waals surface area contributed by atoms with E-state index in [9.17, 15) is 9.59 Å². The van der Waals surface area contributed by atoms with Crippen LogP contribution in [0.25, 0.3) is 22.0 Å². The number of aromatic nitrogens is 2. The van der Waals surface area contributed by atoms with Gasteiger partial charge in [-0.2, -0.15) is 0 Å². The fourth-order valence-corrected chi connectivity index (χ4v) is 5.60. The SMILES string of the molecule is Cc1cc(NC(=O)c2c[nH]c3ccc(-c4cncc(N5CCOCC5)c4)cc23)ccc1C(=O)NC1CCCC1. The van der Waals surface area contributed by atoms with Crippen LogP contribution in [0.4, 0.5) is 11.4 Å². The van der Waals surface area contributed by atoms with Gasteiger partial charge in [-0.1, -0.05) is 18.9 Å². The zero-order valence-corrected chi connectivity index (χ0v) is 22.1. The third-order valence-corrected chi connectivity index (χ3v) is 7.78. The first-order chi connectivity index (χ1) is 19.0. The first-order valence-electron chi connectivity index (χ1n) is 13.7. The minimum absolute atomic E-state index is 0.0476. The standard InChI is InChI=1S/C31H33N5O3/c1-20-14-24(7-8-26(20)30(37)34-23-4-2-3-5-23)35-31(38)28-19-33-29-9-6-21(16-27(28)29)22-15-25(18-32-17-22)36-10-12-39-13-11-36/h6-9,14-19,23,33H,2-5,10-13H2,1H3,(H,34,37)(H,35,38). The molecule has 6 rings (SSSR count). The number of aromatic amines is 1. The molecule has 2 amide bonds. The summed E-state index contributed by atoms with van der Waals surface area (Å²) in [5, 5.41) is 6.98. The molecule has 2 fully saturated rings. The molecule has 0 unspecified atom stereocenters. The van der Waals surface area contributed by atoms with Crippen molar-refractivity contribution in [3.63, 3.8) is 0 Å². The van der Waals surface area contributed by atoms with Gasteiger partial charge in [-0.3, -0.25) is 14.6 Å². The summed E-state index contributed by atoms with van der Waals surface area (Å²) in [6.07, 6.45) is 9.90. The number of ether oxygens (including phenoxy) is 1. The predicted octanol–water partition coefficient (Wildman–Crippen LogP) is 5.30. The second kappa shape index (κ2) is 10.9. The Labute approximate surface area is 227 Å². The third kappa shape index (κ3) is 5.38. The molecule has 1 saturated carbocycles. The number of carbonyl (C=O) groups is 2. The Morgan fingerprint density at radius 1 is 0.949 bits per heavy atom. The van der Waals surface area contributed by atoms with E-state index < -0.39 is 0 Å². The van der Waals surface area contributed by atoms with Crippen LogP contribution in [0.15, 0.2) is 61.1 Å². The molecule has 39 heavy (non-hydrogen) atoms. The number of benzene rings is 2. The molecule has 8 heteroatoms. The number of fused-ring (bicyclic) bond motifs is 1. The smallest absolute Gasteiger partial charge is 0.257 e. The number of nitrogens with one attached hydrogen (secondary N) is 3. The van der Waals surface area contributed by atoms with Gasteiger partial charge in [0.2, 0.25) is 0 Å². The van der Waals surface area contributed by atoms with E-state index in [0.717, 1.165) is 59.2 Å². The van der Waals surface area contributed by atoms with Gasteiger partial charge in [0.15, 0.2) is 0 Å². The van der Waals surface area contributed by atoms with Gasteiger partial charge >= 0.3 is 0 Å². The highest BCUT2D eigenvalue weighted by atomic mass is 16.5. The molecule has 3 heterocycles. The van der Waals surface area contributed by atoms with Gasteiger partial charge in [-0.05, 0) is 67.3 Å². The summed E-state index contributed by atoms with van der Waals surface area (Å²) in [6, 6.07) is 13.9. The Kier molecular flexibility index (Phi) is 7.02. The van der Waals surface area contributed by atoms with Crippen molar-refractivity contribution in [2.24, 2.45) is 0 Å². The van der Waals surface area contributed by atoms with Crippen LogP contribution in [0.2, 0.25) is 0 Å². The first-order valence-corrected chi connectivity index (χ1v) is 13.7. The summed E-state index contributed by atoms with van der Waals surface area (Å²) < 4.78 is 5.48. The topological polar surface area (TPSA) is 99.3 Å². The molecule has 0 radical (unpaired) electrons. The van der Waals surface area contributed by atoms with E-state index in [1.54, 1.807) is 18.3 Å². The fourth-order valence-electron chi connectivity index (χ4n) is 5.60. The molecule has 3 N–H and O–H groups in total. The van der Waals surface area contributed by atoms with Crippen LogP contribution in [0.1, 0.15) is 52.0 Å². The summed E-state index contributed by atoms with van der Waals surface area (Å²) in [5.41, 5.74) is 6.63. The fraction of sp³-hybridized carbons (Fsp3) is 0.323. The summed E-state index contributed by atoms with van der Waals surface area (Å²) >= 11 is 0. The maximum Gasteiger partial charge on any atom is 0.257 e. The van der Waals surface area contributed by atoms with Gasteiger partial charge in [0.25, 0.3) is 11.8 Å². The van der Waals surface area contributed by atoms with Crippen molar-refractivity contribution in [1.29, 1.82) is 0 Å². The van der Waals surface area contributed by atoms with Crippen molar-refractivity contribution in [2.45, 2.75) is 38.6 Å². The number of aryl methyl sites for hydroxylation is 1. The number of H-pyrrole nitrogens is 1. The van der Waals surface area contributed by atoms with Crippen LogP contribution in [0, 0.1) is 6.92 Å². The lowest BCUT2D eigenvalue weighted by molar-refractivity contribution is 0.0936. The molecule has 1 aliphatic carbocycles. The number of hydrogen-bond donors (Lipinski definition) is 3. The monoisotopic (exact) mass is 523 g/mol. The number of carbonyl (C=O) groups excluding carboxylic acids is 2. The Balaban J connectivity index is 1.20. The molecule has 0 bridgehead atoms. The summed E-state index contributed by atoms with van der Waals surface area (Å²) in [7, 11) is 0. The van der Waals surface area contributed by atoms with Crippen molar-refractivity contribution in [2.75, 3.05) is 36.5 Å². The Morgan fingerprint density at radius 3 is 2.56 bits per heavy atom. The highest BCUT2D eigenvalue weighted by Crippen LogP contribution is 2.29. The van der Waals surface area contributed by atoms with E-state index >= 15 is 0 Å². The van der Waals surface area contributed by atoms with Crippen LogP contribution in [0.3, 0.4) is 0 Å². The van der Waals surface area contributed by atoms with Gasteiger partial charge in [0.1, 0.15) is 0 Å². The number of rotatable bonds is 6. The summed E-state index contributed by atoms with van der Waals surface area (Å²) in [5.74, 6) is -0.255. The molecular weight excluding hydrogens is 490 g/mol. The van der Waals surface area contributed by atoms with Gasteiger partial charge in [-0.15, -0.1) is 0 Å². The molecule has 2 aromatic carbocycles. The molecule has 0 atom stereocenters. The lowest BCUT2D eigenvalue weighted by Gasteiger charge is -2.28. The number of amides is 2. The van der Waals surface area contributed by atoms with E-state index in [1.165, 1.54) is 12.8 Å². The average Bonchev–Trinajstić information content (AvgIpc) is 3.63. The zero-order chi connectivity index (χ0) is 26.8. The van der Waals surface area contributed by atoms with Crippen LogP contribution < -0.4 is 15.5 Å². The maximum absolute atomic E-state index is 13.3. The average molecular weight is 524 g/mol. The van der Waals surface area contributed by atoms with Crippen molar-refractivity contribution in [3.05, 3.63) is 77.7 Å². The second-order valence-electron chi connectivity index (χ2n) is 10.4. The summed E-state index contributed by atoms with van der Waals surface area (Å²) in [6.45, 7) is 5.02. The molecular formula is C31H33N5O3. The van der Waals surface area contributed by atoms with Gasteiger partial charge in [0, 0.05) is 59.2 Å². The van der Waals surface area contributed by atoms with Crippen molar-refractivity contribution in [3.8, 4) is 11.1 Å². The number of hydrogen-bond acceptors (Lipinski definition) is 5. The maximum atomic E-state index is 13.3. The van der Waals surface area contributed by atoms with Crippen molar-refractivity contribution in [1.82, 2.24) is 15.3 Å². The number of morpholine rings is 1. The molecule has 1 saturated heterocycles. The predicted molar refractivity (Wildman–Crippen MR) is 153 cm³/mol. The lowest BCUT2D eigenvalue weighted by Crippen LogP contribution is -2.36. The molecule has 2 aliphatic rings. The highest BCUT2D eigenvalue weighted by Gasteiger charge is 2.20. The van der Waals surface area contributed by atoms with Gasteiger partial charge in [-0.25, -0.2) is 0 Å². The van der Waals surface area contributed by atoms with Gasteiger partial charge < -0.3 is 25.3 Å². The van der Waals surface area contributed by atoms with E-state index in [-0.39, 0.29) is 17.9 Å². The van der Waals surface area contributed by atoms with Crippen molar-refractivity contribution < 1.29 is 14.3 Å². The number of pyridine rings is 1. The quantitative estimate of drug-likeness (QED) is 0.319. The van der Waals surface area contributed by atoms with E-state index in [1.807, 2.05) is 43.6 Å². The number of nitrogens with zero attached hydrogens (tertiary/aromatic N) is 2. The van der Waals surface area contributed by atoms with E-state index in [2.05, 4.69) is 31.6 Å². The minimum atomic E-state index is -0.207. The first kappa shape index (κ1) is 25.1. The largest absolute Gasteiger partial charge is 0.378 e. The summed E-state index contributed by atoms with van der Waals surface area (Å²) in [4.78, 5) is 36.0. The molecule has 0 spiro atoms. The molecule has 2 aromatic heterocycles. The molecule has 1 aliphatic heterocycles. The third-order valence-electron chi connectivity index (χ3n) is 7.78. The molecule has 200 valence electrons. The Bertz CT molecular complexity index is 1520.